The lowest BCUT2D eigenvalue weighted by Gasteiger charge is -2.41. The van der Waals surface area contributed by atoms with Crippen molar-refractivity contribution >= 4 is 21.9 Å². The average Bonchev–Trinajstić information content (AvgIpc) is 2.54. The molecule has 4 unspecified atom stereocenters. The predicted octanol–water partition coefficient (Wildman–Crippen LogP) is 4.70. The highest BCUT2D eigenvalue weighted by molar-refractivity contribution is 9.09. The summed E-state index contributed by atoms with van der Waals surface area (Å²) in [4.78, 5) is 12.6. The summed E-state index contributed by atoms with van der Waals surface area (Å²) >= 11 is 3.85. The number of alkyl halides is 1. The number of benzene rings is 1. The van der Waals surface area contributed by atoms with Gasteiger partial charge in [0.1, 0.15) is 0 Å². The second-order valence-electron chi connectivity index (χ2n) is 6.04. The number of ether oxygens (including phenoxy) is 1. The Labute approximate surface area is 134 Å². The molecule has 0 aliphatic heterocycles. The lowest BCUT2D eigenvalue weighted by Crippen LogP contribution is -2.34. The summed E-state index contributed by atoms with van der Waals surface area (Å²) in [6.07, 6.45) is 9.45. The van der Waals surface area contributed by atoms with Crippen molar-refractivity contribution in [3.05, 3.63) is 47.5 Å². The van der Waals surface area contributed by atoms with Gasteiger partial charge >= 0.3 is 5.97 Å². The van der Waals surface area contributed by atoms with E-state index in [0.29, 0.717) is 22.6 Å². The summed E-state index contributed by atoms with van der Waals surface area (Å²) in [6.45, 7) is 0. The molecule has 2 aliphatic carbocycles. The smallest absolute Gasteiger partial charge is 0.338 e. The van der Waals surface area contributed by atoms with Crippen molar-refractivity contribution in [3.8, 4) is 0 Å². The molecular formula is C18H21BrO2. The van der Waals surface area contributed by atoms with Crippen LogP contribution in [0.2, 0.25) is 0 Å². The number of hydrogen-bond acceptors (Lipinski definition) is 2. The first-order valence-electron chi connectivity index (χ1n) is 7.70. The van der Waals surface area contributed by atoms with Gasteiger partial charge in [-0.3, -0.25) is 0 Å². The Morgan fingerprint density at radius 2 is 2.10 bits per heavy atom. The van der Waals surface area contributed by atoms with Crippen molar-refractivity contribution in [1.82, 2.24) is 0 Å². The van der Waals surface area contributed by atoms with Crippen LogP contribution in [0.1, 0.15) is 47.5 Å². The average molecular weight is 349 g/mol. The standard InChI is InChI=1S/C18H21BrO2/c1-21-18(20)16-7-3-2-6-14(16)12-8-4-10-15-13(12)9-5-11-17(15)19/h2-3,5-7,9,12-13,15,17H,4,8,10-11H2,1H3. The van der Waals surface area contributed by atoms with Crippen molar-refractivity contribution < 1.29 is 9.53 Å². The molecular weight excluding hydrogens is 328 g/mol. The molecule has 0 saturated heterocycles. The fourth-order valence-electron chi connectivity index (χ4n) is 3.98. The van der Waals surface area contributed by atoms with Crippen molar-refractivity contribution in [2.24, 2.45) is 11.8 Å². The summed E-state index contributed by atoms with van der Waals surface area (Å²) in [5.74, 6) is 1.42. The minimum Gasteiger partial charge on any atom is -0.465 e. The van der Waals surface area contributed by atoms with Gasteiger partial charge in [-0.25, -0.2) is 4.79 Å². The third-order valence-corrected chi connectivity index (χ3v) is 6.01. The van der Waals surface area contributed by atoms with Gasteiger partial charge in [0.25, 0.3) is 0 Å². The van der Waals surface area contributed by atoms with Crippen molar-refractivity contribution in [2.75, 3.05) is 7.11 Å². The molecule has 1 fully saturated rings. The number of carbonyl (C=O) groups is 1. The molecule has 0 bridgehead atoms. The van der Waals surface area contributed by atoms with Gasteiger partial charge in [-0.05, 0) is 48.6 Å². The monoisotopic (exact) mass is 348 g/mol. The van der Waals surface area contributed by atoms with Crippen LogP contribution >= 0.6 is 15.9 Å². The molecule has 112 valence electrons. The molecule has 0 spiro atoms. The first-order valence-corrected chi connectivity index (χ1v) is 8.62. The Bertz CT molecular complexity index is 552. The summed E-state index contributed by atoms with van der Waals surface area (Å²) in [7, 11) is 1.46. The Kier molecular flexibility index (Phi) is 4.48. The zero-order valence-electron chi connectivity index (χ0n) is 12.3. The quantitative estimate of drug-likeness (QED) is 0.440. The molecule has 2 nitrogen and oxygen atoms in total. The van der Waals surface area contributed by atoms with Crippen LogP contribution in [0.3, 0.4) is 0 Å². The maximum atomic E-state index is 12.1. The van der Waals surface area contributed by atoms with Gasteiger partial charge < -0.3 is 4.74 Å². The third kappa shape index (κ3) is 2.80. The lowest BCUT2D eigenvalue weighted by molar-refractivity contribution is 0.0597. The Morgan fingerprint density at radius 3 is 2.90 bits per heavy atom. The van der Waals surface area contributed by atoms with Crippen molar-refractivity contribution in [3.63, 3.8) is 0 Å². The van der Waals surface area contributed by atoms with E-state index in [0.717, 1.165) is 24.0 Å². The summed E-state index contributed by atoms with van der Waals surface area (Å²) < 4.78 is 4.96. The van der Waals surface area contributed by atoms with E-state index in [4.69, 9.17) is 4.74 Å². The van der Waals surface area contributed by atoms with Crippen LogP contribution in [0, 0.1) is 11.8 Å². The maximum absolute atomic E-state index is 12.1. The molecule has 1 aromatic rings. The second-order valence-corrected chi connectivity index (χ2v) is 7.21. The van der Waals surface area contributed by atoms with E-state index < -0.39 is 0 Å². The van der Waals surface area contributed by atoms with E-state index in [-0.39, 0.29) is 5.97 Å². The number of hydrogen-bond donors (Lipinski definition) is 0. The number of esters is 1. The fourth-order valence-corrected chi connectivity index (χ4v) is 4.81. The van der Waals surface area contributed by atoms with E-state index in [1.807, 2.05) is 18.2 Å². The Balaban J connectivity index is 1.98. The molecule has 2 aliphatic rings. The predicted molar refractivity (Wildman–Crippen MR) is 87.8 cm³/mol. The van der Waals surface area contributed by atoms with Crippen LogP contribution in [-0.2, 0) is 4.74 Å². The number of rotatable bonds is 2. The Hall–Kier alpha value is -1.09. The van der Waals surface area contributed by atoms with Crippen LogP contribution < -0.4 is 0 Å². The van der Waals surface area contributed by atoms with Gasteiger partial charge in [0.05, 0.1) is 12.7 Å². The van der Waals surface area contributed by atoms with Crippen LogP contribution in [0.15, 0.2) is 36.4 Å². The molecule has 0 aromatic heterocycles. The molecule has 0 amide bonds. The van der Waals surface area contributed by atoms with Crippen molar-refractivity contribution in [2.45, 2.75) is 36.4 Å². The highest BCUT2D eigenvalue weighted by atomic mass is 79.9. The summed E-state index contributed by atoms with van der Waals surface area (Å²) in [6, 6.07) is 7.94. The van der Waals surface area contributed by atoms with E-state index in [9.17, 15) is 4.79 Å². The van der Waals surface area contributed by atoms with Crippen LogP contribution in [0.25, 0.3) is 0 Å². The normalized spacial score (nSPS) is 31.5. The van der Waals surface area contributed by atoms with Gasteiger partial charge in [0, 0.05) is 4.83 Å². The minimum atomic E-state index is -0.220. The molecule has 21 heavy (non-hydrogen) atoms. The molecule has 4 atom stereocenters. The number of fused-ring (bicyclic) bond motifs is 1. The summed E-state index contributed by atoms with van der Waals surface area (Å²) in [5, 5.41) is 0. The third-order valence-electron chi connectivity index (χ3n) is 4.96. The van der Waals surface area contributed by atoms with Gasteiger partial charge in [0.2, 0.25) is 0 Å². The molecule has 0 heterocycles. The highest BCUT2D eigenvalue weighted by Crippen LogP contribution is 2.48. The van der Waals surface area contributed by atoms with Gasteiger partial charge in [0.15, 0.2) is 0 Å². The number of allylic oxidation sites excluding steroid dienone is 2. The van der Waals surface area contributed by atoms with Gasteiger partial charge in [-0.2, -0.15) is 0 Å². The SMILES string of the molecule is COC(=O)c1ccccc1C1CCCC2C(Br)CC=CC12. The second kappa shape index (κ2) is 6.35. The van der Waals surface area contributed by atoms with E-state index in [1.165, 1.54) is 20.0 Å². The lowest BCUT2D eigenvalue weighted by atomic mass is 9.65. The molecule has 0 radical (unpaired) electrons. The zero-order valence-corrected chi connectivity index (χ0v) is 13.9. The maximum Gasteiger partial charge on any atom is 0.338 e. The van der Waals surface area contributed by atoms with Crippen molar-refractivity contribution in [1.29, 1.82) is 0 Å². The van der Waals surface area contributed by atoms with Crippen LogP contribution in [-0.4, -0.2) is 17.9 Å². The van der Waals surface area contributed by atoms with E-state index >= 15 is 0 Å². The van der Waals surface area contributed by atoms with E-state index in [1.54, 1.807) is 0 Å². The largest absolute Gasteiger partial charge is 0.465 e. The minimum absolute atomic E-state index is 0.220. The zero-order chi connectivity index (χ0) is 14.8. The molecule has 0 N–H and O–H groups in total. The summed E-state index contributed by atoms with van der Waals surface area (Å²) in [5.41, 5.74) is 1.89. The first-order chi connectivity index (χ1) is 10.2. The molecule has 3 rings (SSSR count). The van der Waals surface area contributed by atoms with Gasteiger partial charge in [-0.15, -0.1) is 0 Å². The van der Waals surface area contributed by atoms with Crippen LogP contribution in [0.4, 0.5) is 0 Å². The Morgan fingerprint density at radius 1 is 1.29 bits per heavy atom. The number of halogens is 1. The fraction of sp³-hybridized carbons (Fsp3) is 0.500. The topological polar surface area (TPSA) is 26.3 Å². The first kappa shape index (κ1) is 14.8. The van der Waals surface area contributed by atoms with E-state index in [2.05, 4.69) is 34.1 Å². The molecule has 1 aromatic carbocycles. The highest BCUT2D eigenvalue weighted by Gasteiger charge is 2.38. The van der Waals surface area contributed by atoms with Crippen LogP contribution in [0.5, 0.6) is 0 Å². The van der Waals surface area contributed by atoms with Gasteiger partial charge in [-0.1, -0.05) is 52.7 Å². The molecule has 3 heteroatoms. The molecule has 1 saturated carbocycles. The number of carbonyl (C=O) groups excluding carboxylic acids is 1. The number of methoxy groups -OCH3 is 1.